The third kappa shape index (κ3) is 3.76. The first-order valence-corrected chi connectivity index (χ1v) is 10.2. The van der Waals surface area contributed by atoms with Crippen molar-refractivity contribution < 1.29 is 32.3 Å². The maximum Gasteiger partial charge on any atom is 0.416 e. The normalized spacial score (nSPS) is 20.8. The molecule has 10 heteroatoms. The van der Waals surface area contributed by atoms with Gasteiger partial charge in [0.2, 0.25) is 5.91 Å². The number of nitrogens with zero attached hydrogens (tertiary/aromatic N) is 1. The third-order valence-electron chi connectivity index (χ3n) is 5.13. The van der Waals surface area contributed by atoms with Crippen LogP contribution in [-0.4, -0.2) is 28.8 Å². The summed E-state index contributed by atoms with van der Waals surface area (Å²) in [5, 5.41) is 2.43. The van der Waals surface area contributed by atoms with Crippen LogP contribution in [0.2, 0.25) is 0 Å². The molecule has 0 unspecified atom stereocenters. The van der Waals surface area contributed by atoms with Crippen LogP contribution in [0.4, 0.5) is 24.5 Å². The van der Waals surface area contributed by atoms with E-state index in [0.717, 1.165) is 29.2 Å². The topological polar surface area (TPSA) is 75.7 Å². The molecule has 2 aromatic carbocycles. The van der Waals surface area contributed by atoms with E-state index in [-0.39, 0.29) is 24.4 Å². The number of esters is 1. The van der Waals surface area contributed by atoms with E-state index >= 15 is 0 Å². The van der Waals surface area contributed by atoms with Crippen molar-refractivity contribution in [2.24, 2.45) is 0 Å². The Bertz CT molecular complexity index is 1060. The zero-order valence-corrected chi connectivity index (χ0v) is 17.0. The number of thioether (sulfide) groups is 1. The molecular formula is C21H17F3N2O4S. The average Bonchev–Trinajstić information content (AvgIpc) is 3.23. The van der Waals surface area contributed by atoms with Gasteiger partial charge in [-0.3, -0.25) is 14.5 Å². The summed E-state index contributed by atoms with van der Waals surface area (Å²) in [6.45, 7) is 1.36. The number of halogens is 3. The first-order valence-electron chi connectivity index (χ1n) is 9.42. The Kier molecular flexibility index (Phi) is 5.20. The molecule has 0 radical (unpaired) electrons. The first-order chi connectivity index (χ1) is 14.6. The van der Waals surface area contributed by atoms with Gasteiger partial charge >= 0.3 is 12.1 Å². The molecule has 2 aliphatic rings. The summed E-state index contributed by atoms with van der Waals surface area (Å²) in [6, 6.07) is 11.1. The van der Waals surface area contributed by atoms with Crippen LogP contribution in [0.1, 0.15) is 25.3 Å². The second-order valence-corrected chi connectivity index (χ2v) is 8.51. The highest BCUT2D eigenvalue weighted by molar-refractivity contribution is 8.02. The SMILES string of the molecule is C[C@H](OC(=O)[C@@]12CCC(=O)N1c1ccccc1S2)C(=O)Nc1ccc(C(F)(F)F)cc1. The van der Waals surface area contributed by atoms with Crippen molar-refractivity contribution in [3.05, 3.63) is 54.1 Å². The fourth-order valence-electron chi connectivity index (χ4n) is 3.56. The number of ether oxygens (including phenoxy) is 1. The Balaban J connectivity index is 1.45. The van der Waals surface area contributed by atoms with Gasteiger partial charge in [-0.05, 0) is 43.3 Å². The standard InChI is InChI=1S/C21H17F3N2O4S/c1-12(18(28)25-14-8-6-13(7-9-14)21(22,23)24)30-19(29)20-11-10-17(27)26(20)15-4-2-3-5-16(15)31-20/h2-9,12H,10-11H2,1H3,(H,25,28)/t12-,20-/m0/s1. The summed E-state index contributed by atoms with van der Waals surface area (Å²) in [5.74, 6) is -1.60. The van der Waals surface area contributed by atoms with Gasteiger partial charge in [-0.15, -0.1) is 0 Å². The summed E-state index contributed by atoms with van der Waals surface area (Å²) in [6.07, 6.45) is -5.27. The minimum Gasteiger partial charge on any atom is -0.450 e. The number of amides is 2. The predicted octanol–water partition coefficient (Wildman–Crippen LogP) is 4.20. The zero-order valence-electron chi connectivity index (χ0n) is 16.2. The molecule has 2 amide bonds. The van der Waals surface area contributed by atoms with Gasteiger partial charge in [0.25, 0.3) is 5.91 Å². The van der Waals surface area contributed by atoms with Crippen molar-refractivity contribution in [2.45, 2.75) is 41.8 Å². The minimum atomic E-state index is -4.48. The lowest BCUT2D eigenvalue weighted by atomic mass is 10.2. The molecule has 0 bridgehead atoms. The second-order valence-electron chi connectivity index (χ2n) is 7.20. The number of hydrogen-bond acceptors (Lipinski definition) is 5. The van der Waals surface area contributed by atoms with E-state index in [4.69, 9.17) is 4.74 Å². The van der Waals surface area contributed by atoms with Gasteiger partial charge in [-0.25, -0.2) is 4.79 Å². The highest BCUT2D eigenvalue weighted by Crippen LogP contribution is 2.56. The zero-order chi connectivity index (χ0) is 22.4. The van der Waals surface area contributed by atoms with Crippen LogP contribution < -0.4 is 10.2 Å². The molecule has 0 aromatic heterocycles. The molecule has 2 aromatic rings. The largest absolute Gasteiger partial charge is 0.450 e. The van der Waals surface area contributed by atoms with Gasteiger partial charge < -0.3 is 10.1 Å². The predicted molar refractivity (Wildman–Crippen MR) is 107 cm³/mol. The number of anilines is 2. The van der Waals surface area contributed by atoms with Crippen LogP contribution in [0, 0.1) is 0 Å². The Morgan fingerprint density at radius 2 is 1.84 bits per heavy atom. The van der Waals surface area contributed by atoms with E-state index in [9.17, 15) is 27.6 Å². The number of rotatable bonds is 4. The Labute approximate surface area is 179 Å². The fourth-order valence-corrected chi connectivity index (χ4v) is 4.97. The number of fused-ring (bicyclic) bond motifs is 3. The van der Waals surface area contributed by atoms with Crippen molar-refractivity contribution in [1.82, 2.24) is 0 Å². The van der Waals surface area contributed by atoms with Gasteiger partial charge in [0.15, 0.2) is 11.0 Å². The molecule has 2 heterocycles. The van der Waals surface area contributed by atoms with E-state index in [2.05, 4.69) is 5.32 Å². The summed E-state index contributed by atoms with van der Waals surface area (Å²) in [7, 11) is 0. The Hall–Kier alpha value is -3.01. The molecule has 31 heavy (non-hydrogen) atoms. The van der Waals surface area contributed by atoms with Crippen LogP contribution >= 0.6 is 11.8 Å². The maximum atomic E-state index is 13.0. The first kappa shape index (κ1) is 21.2. The van der Waals surface area contributed by atoms with E-state index < -0.39 is 34.6 Å². The van der Waals surface area contributed by atoms with Crippen LogP contribution in [0.15, 0.2) is 53.4 Å². The van der Waals surface area contributed by atoms with E-state index in [0.29, 0.717) is 5.69 Å². The number of carbonyl (C=O) groups excluding carboxylic acids is 3. The number of carbonyl (C=O) groups is 3. The average molecular weight is 450 g/mol. The summed E-state index contributed by atoms with van der Waals surface area (Å²) in [4.78, 5) is 38.8. The third-order valence-corrected chi connectivity index (χ3v) is 6.58. The van der Waals surface area contributed by atoms with Crippen LogP contribution in [0.5, 0.6) is 0 Å². The summed E-state index contributed by atoms with van der Waals surface area (Å²) < 4.78 is 43.4. The van der Waals surface area contributed by atoms with Gasteiger partial charge in [-0.1, -0.05) is 23.9 Å². The minimum absolute atomic E-state index is 0.138. The molecule has 0 aliphatic carbocycles. The van der Waals surface area contributed by atoms with E-state index in [1.54, 1.807) is 24.3 Å². The molecule has 2 atom stereocenters. The highest BCUT2D eigenvalue weighted by Gasteiger charge is 2.59. The molecule has 1 saturated heterocycles. The van der Waals surface area contributed by atoms with E-state index in [1.165, 1.54) is 23.6 Å². The molecule has 1 fully saturated rings. The van der Waals surface area contributed by atoms with Crippen molar-refractivity contribution >= 4 is 40.9 Å². The van der Waals surface area contributed by atoms with Crippen LogP contribution in [0.3, 0.4) is 0 Å². The Morgan fingerprint density at radius 1 is 1.16 bits per heavy atom. The van der Waals surface area contributed by atoms with Crippen LogP contribution in [0.25, 0.3) is 0 Å². The fraction of sp³-hybridized carbons (Fsp3) is 0.286. The lowest BCUT2D eigenvalue weighted by Gasteiger charge is -2.29. The second kappa shape index (κ2) is 7.60. The Morgan fingerprint density at radius 3 is 2.52 bits per heavy atom. The lowest BCUT2D eigenvalue weighted by molar-refractivity contribution is -0.155. The summed E-state index contributed by atoms with van der Waals surface area (Å²) in [5.41, 5.74) is -0.0684. The van der Waals surface area contributed by atoms with Crippen molar-refractivity contribution in [3.8, 4) is 0 Å². The van der Waals surface area contributed by atoms with Gasteiger partial charge in [0.1, 0.15) is 0 Å². The monoisotopic (exact) mass is 450 g/mol. The number of hydrogen-bond donors (Lipinski definition) is 1. The number of para-hydroxylation sites is 1. The van der Waals surface area contributed by atoms with Crippen LogP contribution in [-0.2, 0) is 25.3 Å². The molecule has 0 saturated carbocycles. The molecule has 162 valence electrons. The molecule has 1 N–H and O–H groups in total. The van der Waals surface area contributed by atoms with Crippen molar-refractivity contribution in [1.29, 1.82) is 0 Å². The van der Waals surface area contributed by atoms with Crippen molar-refractivity contribution in [3.63, 3.8) is 0 Å². The quantitative estimate of drug-likeness (QED) is 0.707. The molecule has 4 rings (SSSR count). The lowest BCUT2D eigenvalue weighted by Crippen LogP contribution is -2.49. The maximum absolute atomic E-state index is 13.0. The molecule has 6 nitrogen and oxygen atoms in total. The number of alkyl halides is 3. The molecule has 0 spiro atoms. The molecular weight excluding hydrogens is 433 g/mol. The van der Waals surface area contributed by atoms with Gasteiger partial charge in [-0.2, -0.15) is 13.2 Å². The van der Waals surface area contributed by atoms with E-state index in [1.807, 2.05) is 0 Å². The number of benzene rings is 2. The van der Waals surface area contributed by atoms with Gasteiger partial charge in [0.05, 0.1) is 11.3 Å². The summed E-state index contributed by atoms with van der Waals surface area (Å²) >= 11 is 1.22. The molecule has 2 aliphatic heterocycles. The highest BCUT2D eigenvalue weighted by atomic mass is 32.2. The van der Waals surface area contributed by atoms with Gasteiger partial charge in [0, 0.05) is 23.4 Å². The smallest absolute Gasteiger partial charge is 0.416 e. The number of nitrogens with one attached hydrogen (secondary N) is 1. The van der Waals surface area contributed by atoms with Crippen molar-refractivity contribution in [2.75, 3.05) is 10.2 Å².